The third-order valence-corrected chi connectivity index (χ3v) is 4.74. The molecule has 5 heteroatoms. The zero-order valence-electron chi connectivity index (χ0n) is 14.1. The van der Waals surface area contributed by atoms with Gasteiger partial charge >= 0.3 is 0 Å². The van der Waals surface area contributed by atoms with Gasteiger partial charge in [-0.15, -0.1) is 0 Å². The average molecular weight is 322 g/mol. The molecule has 0 aliphatic carbocycles. The molecule has 0 amide bonds. The molecule has 0 unspecified atom stereocenters. The summed E-state index contributed by atoms with van der Waals surface area (Å²) in [6, 6.07) is 8.62. The highest BCUT2D eigenvalue weighted by Crippen LogP contribution is 2.20. The van der Waals surface area contributed by atoms with E-state index < -0.39 is 0 Å². The van der Waals surface area contributed by atoms with Crippen LogP contribution in [0.1, 0.15) is 42.4 Å². The van der Waals surface area contributed by atoms with Crippen molar-refractivity contribution < 1.29 is 0 Å². The van der Waals surface area contributed by atoms with Crippen molar-refractivity contribution in [1.29, 1.82) is 0 Å². The third-order valence-electron chi connectivity index (χ3n) is 4.74. The van der Waals surface area contributed by atoms with Gasteiger partial charge in [0, 0.05) is 42.8 Å². The number of nitrogens with zero attached hydrogens (tertiary/aromatic N) is 2. The van der Waals surface area contributed by atoms with Crippen molar-refractivity contribution in [3.05, 3.63) is 63.5 Å². The Kier molecular flexibility index (Phi) is 3.73. The molecule has 124 valence electrons. The maximum atomic E-state index is 12.3. The summed E-state index contributed by atoms with van der Waals surface area (Å²) >= 11 is 0. The van der Waals surface area contributed by atoms with Crippen LogP contribution in [0.4, 0.5) is 0 Å². The minimum absolute atomic E-state index is 0.0390. The molecule has 1 aromatic carbocycles. The van der Waals surface area contributed by atoms with Crippen molar-refractivity contribution in [1.82, 2.24) is 19.9 Å². The van der Waals surface area contributed by atoms with E-state index in [-0.39, 0.29) is 11.5 Å². The zero-order chi connectivity index (χ0) is 16.7. The Bertz CT molecular complexity index is 938. The molecule has 2 aromatic heterocycles. The fourth-order valence-electron chi connectivity index (χ4n) is 3.38. The van der Waals surface area contributed by atoms with E-state index in [0.717, 1.165) is 48.7 Å². The van der Waals surface area contributed by atoms with Gasteiger partial charge in [0.05, 0.1) is 5.69 Å². The number of H-pyrrole nitrogens is 2. The molecule has 3 heterocycles. The van der Waals surface area contributed by atoms with E-state index in [2.05, 4.69) is 53.0 Å². The lowest BCUT2D eigenvalue weighted by atomic mass is 10.0. The van der Waals surface area contributed by atoms with Gasteiger partial charge in [-0.05, 0) is 35.6 Å². The number of hydrogen-bond acceptors (Lipinski definition) is 3. The van der Waals surface area contributed by atoms with Crippen LogP contribution in [0.3, 0.4) is 0 Å². The van der Waals surface area contributed by atoms with Gasteiger partial charge in [-0.3, -0.25) is 9.69 Å². The number of hydrogen-bond donors (Lipinski definition) is 2. The highest BCUT2D eigenvalue weighted by Gasteiger charge is 2.21. The maximum absolute atomic E-state index is 12.3. The largest absolute Gasteiger partial charge is 0.361 e. The summed E-state index contributed by atoms with van der Waals surface area (Å²) in [4.78, 5) is 25.5. The highest BCUT2D eigenvalue weighted by molar-refractivity contribution is 5.79. The Balaban J connectivity index is 1.58. The monoisotopic (exact) mass is 322 g/mol. The summed E-state index contributed by atoms with van der Waals surface area (Å²) in [5.74, 6) is 1.02. The van der Waals surface area contributed by atoms with E-state index in [9.17, 15) is 4.79 Å². The first-order chi connectivity index (χ1) is 11.6. The first-order valence-corrected chi connectivity index (χ1v) is 8.50. The Hall–Kier alpha value is -2.40. The standard InChI is InChI=1S/C19H22N4O/c1-12(2)18-21-17-11-23(8-6-15(17)19(24)22-18)10-13-3-4-16-14(9-13)5-7-20-16/h3-5,7,9,12,20H,6,8,10-11H2,1-2H3,(H,21,22,24). The smallest absolute Gasteiger partial charge is 0.254 e. The van der Waals surface area contributed by atoms with Gasteiger partial charge in [-0.2, -0.15) is 0 Å². The molecule has 1 aliphatic heterocycles. The average Bonchev–Trinajstić information content (AvgIpc) is 3.02. The summed E-state index contributed by atoms with van der Waals surface area (Å²) in [6.07, 6.45) is 2.73. The maximum Gasteiger partial charge on any atom is 0.254 e. The van der Waals surface area contributed by atoms with Gasteiger partial charge in [0.25, 0.3) is 5.56 Å². The van der Waals surface area contributed by atoms with E-state index in [1.165, 1.54) is 10.9 Å². The minimum atomic E-state index is 0.0390. The summed E-state index contributed by atoms with van der Waals surface area (Å²) in [5.41, 5.74) is 4.29. The molecule has 0 saturated heterocycles. The minimum Gasteiger partial charge on any atom is -0.361 e. The first-order valence-electron chi connectivity index (χ1n) is 8.50. The molecule has 3 aromatic rings. The first kappa shape index (κ1) is 15.1. The van der Waals surface area contributed by atoms with Crippen molar-refractivity contribution >= 4 is 10.9 Å². The lowest BCUT2D eigenvalue weighted by Gasteiger charge is -2.28. The van der Waals surface area contributed by atoms with Gasteiger partial charge in [-0.1, -0.05) is 19.9 Å². The Morgan fingerprint density at radius 1 is 1.29 bits per heavy atom. The number of nitrogens with one attached hydrogen (secondary N) is 2. The molecule has 5 nitrogen and oxygen atoms in total. The third kappa shape index (κ3) is 2.76. The van der Waals surface area contributed by atoms with E-state index in [1.807, 2.05) is 6.20 Å². The number of fused-ring (bicyclic) bond motifs is 2. The van der Waals surface area contributed by atoms with Gasteiger partial charge < -0.3 is 9.97 Å². The second-order valence-electron chi connectivity index (χ2n) is 6.89. The summed E-state index contributed by atoms with van der Waals surface area (Å²) < 4.78 is 0. The molecule has 4 rings (SSSR count). The van der Waals surface area contributed by atoms with Crippen LogP contribution in [0.15, 0.2) is 35.3 Å². The predicted molar refractivity (Wildman–Crippen MR) is 95.1 cm³/mol. The fourth-order valence-corrected chi connectivity index (χ4v) is 3.38. The molecule has 0 bridgehead atoms. The number of benzene rings is 1. The van der Waals surface area contributed by atoms with Crippen LogP contribution in [0.25, 0.3) is 10.9 Å². The number of rotatable bonds is 3. The molecule has 0 saturated carbocycles. The van der Waals surface area contributed by atoms with Crippen LogP contribution in [-0.4, -0.2) is 26.4 Å². The van der Waals surface area contributed by atoms with E-state index in [4.69, 9.17) is 4.98 Å². The molecule has 24 heavy (non-hydrogen) atoms. The van der Waals surface area contributed by atoms with Crippen molar-refractivity contribution in [2.75, 3.05) is 6.54 Å². The molecule has 0 spiro atoms. The lowest BCUT2D eigenvalue weighted by molar-refractivity contribution is 0.240. The SMILES string of the molecule is CC(C)c1nc2c(c(=O)[nH]1)CCN(Cc1ccc3[nH]ccc3c1)C2. The molecular weight excluding hydrogens is 300 g/mol. The Labute approximate surface area is 140 Å². The Morgan fingerprint density at radius 2 is 2.17 bits per heavy atom. The van der Waals surface area contributed by atoms with Crippen molar-refractivity contribution in [3.63, 3.8) is 0 Å². The van der Waals surface area contributed by atoms with Crippen LogP contribution in [-0.2, 0) is 19.5 Å². The predicted octanol–water partition coefficient (Wildman–Crippen LogP) is 2.93. The van der Waals surface area contributed by atoms with Gasteiger partial charge in [-0.25, -0.2) is 4.98 Å². The van der Waals surface area contributed by atoms with Crippen LogP contribution in [0, 0.1) is 0 Å². The molecule has 0 atom stereocenters. The number of aromatic nitrogens is 3. The van der Waals surface area contributed by atoms with Crippen molar-refractivity contribution in [3.8, 4) is 0 Å². The Morgan fingerprint density at radius 3 is 3.00 bits per heavy atom. The zero-order valence-corrected chi connectivity index (χ0v) is 14.1. The lowest BCUT2D eigenvalue weighted by Crippen LogP contribution is -2.35. The molecule has 0 fully saturated rings. The van der Waals surface area contributed by atoms with Crippen LogP contribution in [0.5, 0.6) is 0 Å². The van der Waals surface area contributed by atoms with Crippen LogP contribution < -0.4 is 5.56 Å². The van der Waals surface area contributed by atoms with Crippen molar-refractivity contribution in [2.24, 2.45) is 0 Å². The normalized spacial score (nSPS) is 15.1. The molecule has 0 radical (unpaired) electrons. The van der Waals surface area contributed by atoms with Gasteiger partial charge in [0.1, 0.15) is 5.82 Å². The number of aromatic amines is 2. The highest BCUT2D eigenvalue weighted by atomic mass is 16.1. The van der Waals surface area contributed by atoms with Crippen molar-refractivity contribution in [2.45, 2.75) is 39.3 Å². The van der Waals surface area contributed by atoms with E-state index in [1.54, 1.807) is 0 Å². The summed E-state index contributed by atoms with van der Waals surface area (Å²) in [5, 5.41) is 1.24. The van der Waals surface area contributed by atoms with Crippen LogP contribution in [0.2, 0.25) is 0 Å². The quantitative estimate of drug-likeness (QED) is 0.779. The van der Waals surface area contributed by atoms with Gasteiger partial charge in [0.15, 0.2) is 0 Å². The molecule has 2 N–H and O–H groups in total. The summed E-state index contributed by atoms with van der Waals surface area (Å²) in [6.45, 7) is 6.62. The van der Waals surface area contributed by atoms with E-state index >= 15 is 0 Å². The fraction of sp³-hybridized carbons (Fsp3) is 0.368. The van der Waals surface area contributed by atoms with Crippen LogP contribution >= 0.6 is 0 Å². The topological polar surface area (TPSA) is 64.8 Å². The van der Waals surface area contributed by atoms with E-state index in [0.29, 0.717) is 0 Å². The molecular formula is C19H22N4O. The van der Waals surface area contributed by atoms with Gasteiger partial charge in [0.2, 0.25) is 0 Å². The molecule has 1 aliphatic rings. The second-order valence-corrected chi connectivity index (χ2v) is 6.89. The second kappa shape index (κ2) is 5.91. The summed E-state index contributed by atoms with van der Waals surface area (Å²) in [7, 11) is 0.